The molecular formula is C29H22BF. The van der Waals surface area contributed by atoms with E-state index in [-0.39, 0.29) is 5.82 Å². The number of hydrogen-bond donors (Lipinski definition) is 0. The van der Waals surface area contributed by atoms with Gasteiger partial charge in [-0.3, -0.25) is 0 Å². The SMILES string of the molecule is Cc1ccccc1-c1cc2ccccc2cc1Bc1ccccc1-c1ccccc1F. The zero-order valence-corrected chi connectivity index (χ0v) is 17.5. The van der Waals surface area contributed by atoms with Gasteiger partial charge in [0, 0.05) is 5.56 Å². The number of rotatable bonds is 4. The Hall–Kier alpha value is -3.65. The van der Waals surface area contributed by atoms with Crippen LogP contribution in [-0.4, -0.2) is 7.28 Å². The number of halogens is 1. The summed E-state index contributed by atoms with van der Waals surface area (Å²) in [6, 6.07) is 36.7. The highest BCUT2D eigenvalue weighted by molar-refractivity contribution is 6.70. The molecule has 0 heterocycles. The first-order chi connectivity index (χ1) is 15.2. The Balaban J connectivity index is 1.70. The molecule has 148 valence electrons. The Morgan fingerprint density at radius 1 is 0.516 bits per heavy atom. The van der Waals surface area contributed by atoms with Crippen LogP contribution in [0, 0.1) is 12.7 Å². The Bertz CT molecular complexity index is 1390. The monoisotopic (exact) mass is 400 g/mol. The maximum absolute atomic E-state index is 14.6. The van der Waals surface area contributed by atoms with Gasteiger partial charge in [0.25, 0.3) is 0 Å². The maximum atomic E-state index is 14.6. The molecule has 0 fully saturated rings. The molecule has 0 saturated carbocycles. The fourth-order valence-electron chi connectivity index (χ4n) is 4.38. The quantitative estimate of drug-likeness (QED) is 0.324. The molecule has 5 aromatic rings. The Morgan fingerprint density at radius 3 is 1.84 bits per heavy atom. The third-order valence-corrected chi connectivity index (χ3v) is 5.97. The van der Waals surface area contributed by atoms with Crippen molar-refractivity contribution in [2.24, 2.45) is 0 Å². The Kier molecular flexibility index (Phi) is 5.13. The molecule has 0 bridgehead atoms. The van der Waals surface area contributed by atoms with Gasteiger partial charge in [0.15, 0.2) is 7.28 Å². The van der Waals surface area contributed by atoms with Crippen molar-refractivity contribution in [3.05, 3.63) is 121 Å². The van der Waals surface area contributed by atoms with E-state index in [0.717, 1.165) is 18.3 Å². The fourth-order valence-corrected chi connectivity index (χ4v) is 4.38. The van der Waals surface area contributed by atoms with Gasteiger partial charge in [-0.1, -0.05) is 108 Å². The minimum absolute atomic E-state index is 0.187. The van der Waals surface area contributed by atoms with Crippen molar-refractivity contribution in [1.82, 2.24) is 0 Å². The lowest BCUT2D eigenvalue weighted by Gasteiger charge is -2.16. The van der Waals surface area contributed by atoms with E-state index >= 15 is 0 Å². The Labute approximate surface area is 183 Å². The summed E-state index contributed by atoms with van der Waals surface area (Å²) in [6.45, 7) is 2.15. The molecule has 0 unspecified atom stereocenters. The molecule has 0 saturated heterocycles. The lowest BCUT2D eigenvalue weighted by molar-refractivity contribution is 0.631. The second kappa shape index (κ2) is 8.24. The molecule has 0 nitrogen and oxygen atoms in total. The van der Waals surface area contributed by atoms with Crippen LogP contribution in [-0.2, 0) is 0 Å². The summed E-state index contributed by atoms with van der Waals surface area (Å²) in [5, 5.41) is 2.45. The van der Waals surface area contributed by atoms with Gasteiger partial charge in [0.1, 0.15) is 5.82 Å². The first-order valence-electron chi connectivity index (χ1n) is 10.6. The van der Waals surface area contributed by atoms with E-state index in [9.17, 15) is 4.39 Å². The molecule has 0 aliphatic rings. The summed E-state index contributed by atoms with van der Waals surface area (Å²) in [7, 11) is 0.735. The zero-order chi connectivity index (χ0) is 21.2. The summed E-state index contributed by atoms with van der Waals surface area (Å²) in [6.07, 6.45) is 0. The van der Waals surface area contributed by atoms with Crippen LogP contribution < -0.4 is 10.9 Å². The van der Waals surface area contributed by atoms with Crippen LogP contribution in [0.1, 0.15) is 5.56 Å². The van der Waals surface area contributed by atoms with E-state index in [2.05, 4.69) is 73.7 Å². The molecule has 0 spiro atoms. The Morgan fingerprint density at radius 2 is 1.10 bits per heavy atom. The lowest BCUT2D eigenvalue weighted by atomic mass is 9.59. The van der Waals surface area contributed by atoms with Crippen LogP contribution in [0.2, 0.25) is 0 Å². The summed E-state index contributed by atoms with van der Waals surface area (Å²) in [5.41, 5.74) is 7.70. The van der Waals surface area contributed by atoms with Gasteiger partial charge in [-0.05, 0) is 52.1 Å². The number of aryl methyl sites for hydroxylation is 1. The molecule has 31 heavy (non-hydrogen) atoms. The van der Waals surface area contributed by atoms with E-state index in [0.29, 0.717) is 5.56 Å². The predicted octanol–water partition coefficient (Wildman–Crippen LogP) is 6.01. The molecule has 0 aromatic heterocycles. The summed E-state index contributed by atoms with van der Waals surface area (Å²) in [5.74, 6) is -0.187. The highest BCUT2D eigenvalue weighted by Gasteiger charge is 2.15. The summed E-state index contributed by atoms with van der Waals surface area (Å²) in [4.78, 5) is 0. The maximum Gasteiger partial charge on any atom is 0.193 e. The van der Waals surface area contributed by atoms with Crippen molar-refractivity contribution in [2.45, 2.75) is 6.92 Å². The molecule has 5 aromatic carbocycles. The predicted molar refractivity (Wildman–Crippen MR) is 132 cm³/mol. The molecule has 0 atom stereocenters. The van der Waals surface area contributed by atoms with Crippen molar-refractivity contribution >= 4 is 29.0 Å². The summed E-state index contributed by atoms with van der Waals surface area (Å²) < 4.78 is 14.6. The number of benzene rings is 5. The van der Waals surface area contributed by atoms with Crippen LogP contribution in [0.5, 0.6) is 0 Å². The largest absolute Gasteiger partial charge is 0.206 e. The molecular weight excluding hydrogens is 378 g/mol. The number of fused-ring (bicyclic) bond motifs is 1. The smallest absolute Gasteiger partial charge is 0.193 e. The van der Waals surface area contributed by atoms with E-state index < -0.39 is 0 Å². The van der Waals surface area contributed by atoms with Crippen LogP contribution in [0.3, 0.4) is 0 Å². The van der Waals surface area contributed by atoms with Gasteiger partial charge in [0.05, 0.1) is 0 Å². The van der Waals surface area contributed by atoms with Gasteiger partial charge < -0.3 is 0 Å². The van der Waals surface area contributed by atoms with Crippen LogP contribution in [0.4, 0.5) is 4.39 Å². The second-order valence-corrected chi connectivity index (χ2v) is 7.99. The van der Waals surface area contributed by atoms with Gasteiger partial charge in [0.2, 0.25) is 0 Å². The standard InChI is InChI=1S/C29H22BF/c1-20-10-2-5-13-23(20)26-18-21-11-3-4-12-22(21)19-28(26)30-27-16-8-6-14-24(27)25-15-7-9-17-29(25)31/h2-19,30H,1H3. The van der Waals surface area contributed by atoms with Crippen molar-refractivity contribution < 1.29 is 4.39 Å². The van der Waals surface area contributed by atoms with Crippen molar-refractivity contribution in [2.75, 3.05) is 0 Å². The van der Waals surface area contributed by atoms with E-state index in [1.807, 2.05) is 30.3 Å². The first kappa shape index (κ1) is 19.3. The first-order valence-corrected chi connectivity index (χ1v) is 10.6. The average Bonchev–Trinajstić information content (AvgIpc) is 2.80. The van der Waals surface area contributed by atoms with Gasteiger partial charge in [-0.15, -0.1) is 0 Å². The molecule has 5 rings (SSSR count). The molecule has 0 amide bonds. The van der Waals surface area contributed by atoms with Crippen molar-refractivity contribution in [3.63, 3.8) is 0 Å². The molecule has 2 heteroatoms. The fraction of sp³-hybridized carbons (Fsp3) is 0.0345. The molecule has 0 aliphatic heterocycles. The zero-order valence-electron chi connectivity index (χ0n) is 17.5. The van der Waals surface area contributed by atoms with Crippen LogP contribution in [0.25, 0.3) is 33.0 Å². The topological polar surface area (TPSA) is 0 Å². The molecule has 0 radical (unpaired) electrons. The molecule has 0 N–H and O–H groups in total. The van der Waals surface area contributed by atoms with E-state index in [1.54, 1.807) is 6.07 Å². The third-order valence-electron chi connectivity index (χ3n) is 5.97. The minimum Gasteiger partial charge on any atom is -0.206 e. The van der Waals surface area contributed by atoms with Crippen LogP contribution >= 0.6 is 0 Å². The van der Waals surface area contributed by atoms with Gasteiger partial charge in [-0.25, -0.2) is 4.39 Å². The highest BCUT2D eigenvalue weighted by atomic mass is 19.1. The van der Waals surface area contributed by atoms with E-state index in [1.165, 1.54) is 39.0 Å². The minimum atomic E-state index is -0.187. The van der Waals surface area contributed by atoms with Crippen molar-refractivity contribution in [1.29, 1.82) is 0 Å². The average molecular weight is 400 g/mol. The van der Waals surface area contributed by atoms with Gasteiger partial charge >= 0.3 is 0 Å². The van der Waals surface area contributed by atoms with Crippen LogP contribution in [0.15, 0.2) is 109 Å². The highest BCUT2D eigenvalue weighted by Crippen LogP contribution is 2.26. The van der Waals surface area contributed by atoms with Crippen molar-refractivity contribution in [3.8, 4) is 22.3 Å². The number of hydrogen-bond acceptors (Lipinski definition) is 0. The van der Waals surface area contributed by atoms with Gasteiger partial charge in [-0.2, -0.15) is 0 Å². The van der Waals surface area contributed by atoms with E-state index in [4.69, 9.17) is 0 Å². The molecule has 0 aliphatic carbocycles. The summed E-state index contributed by atoms with van der Waals surface area (Å²) >= 11 is 0. The normalized spacial score (nSPS) is 10.9. The second-order valence-electron chi connectivity index (χ2n) is 7.99. The lowest BCUT2D eigenvalue weighted by Crippen LogP contribution is -2.30. The third kappa shape index (κ3) is 3.77.